The molecule has 1 aromatic heterocycles. The van der Waals surface area contributed by atoms with E-state index in [1.807, 2.05) is 57.2 Å². The van der Waals surface area contributed by atoms with Crippen molar-refractivity contribution in [2.75, 3.05) is 0 Å². The molecule has 1 unspecified atom stereocenters. The second-order valence-electron chi connectivity index (χ2n) is 10.5. The molecule has 0 saturated carbocycles. The van der Waals surface area contributed by atoms with Crippen molar-refractivity contribution >= 4 is 17.7 Å². The van der Waals surface area contributed by atoms with Crippen molar-refractivity contribution in [2.24, 2.45) is 11.5 Å². The van der Waals surface area contributed by atoms with Crippen molar-refractivity contribution in [3.8, 4) is 22.3 Å². The quantitative estimate of drug-likeness (QED) is 0.145. The Kier molecular flexibility index (Phi) is 8.00. The third kappa shape index (κ3) is 6.35. The molecule has 0 radical (unpaired) electrons. The first-order valence-corrected chi connectivity index (χ1v) is 12.8. The summed E-state index contributed by atoms with van der Waals surface area (Å²) in [4.78, 5) is 41.2. The lowest BCUT2D eigenvalue weighted by atomic mass is 9.86. The van der Waals surface area contributed by atoms with Crippen LogP contribution in [0.1, 0.15) is 53.7 Å². The van der Waals surface area contributed by atoms with Crippen molar-refractivity contribution in [1.29, 1.82) is 5.41 Å². The van der Waals surface area contributed by atoms with E-state index in [9.17, 15) is 14.4 Å². The smallest absolute Gasteiger partial charge is 0.339 e. The van der Waals surface area contributed by atoms with Crippen LogP contribution in [0.4, 0.5) is 0 Å². The molecule has 1 amide bonds. The number of nitrogens with two attached hydrogens (primary N) is 2. The molecule has 6 N–H and O–H groups in total. The molecule has 1 heterocycles. The molecule has 1 atom stereocenters. The van der Waals surface area contributed by atoms with Crippen molar-refractivity contribution < 1.29 is 14.3 Å². The molecule has 8 nitrogen and oxygen atoms in total. The number of aromatic nitrogens is 1. The zero-order chi connectivity index (χ0) is 29.0. The Bertz CT molecular complexity index is 1610. The van der Waals surface area contributed by atoms with E-state index in [-0.39, 0.29) is 17.8 Å². The van der Waals surface area contributed by atoms with E-state index in [0.29, 0.717) is 22.3 Å². The van der Waals surface area contributed by atoms with E-state index < -0.39 is 29.0 Å². The number of esters is 1. The van der Waals surface area contributed by atoms with Gasteiger partial charge in [0.1, 0.15) is 11.4 Å². The number of hydrogen-bond donors (Lipinski definition) is 4. The number of rotatable bonds is 8. The lowest BCUT2D eigenvalue weighted by Crippen LogP contribution is -2.29. The van der Waals surface area contributed by atoms with E-state index >= 15 is 0 Å². The molecule has 4 aromatic rings. The maximum atomic E-state index is 13.0. The first-order chi connectivity index (χ1) is 18.9. The highest BCUT2D eigenvalue weighted by Gasteiger charge is 2.26. The molecule has 0 saturated heterocycles. The lowest BCUT2D eigenvalue weighted by molar-refractivity contribution is -0.119. The molecule has 8 heteroatoms. The number of amidine groups is 1. The Morgan fingerprint density at radius 2 is 1.48 bits per heavy atom. The number of amides is 1. The number of nitrogens with one attached hydrogen (secondary N) is 2. The van der Waals surface area contributed by atoms with Crippen LogP contribution in [0.5, 0.6) is 0 Å². The normalized spacial score (nSPS) is 12.0. The van der Waals surface area contributed by atoms with Gasteiger partial charge >= 0.3 is 5.97 Å². The molecule has 3 aromatic carbocycles. The first kappa shape index (κ1) is 28.0. The molecule has 0 aliphatic rings. The van der Waals surface area contributed by atoms with Gasteiger partial charge in [-0.1, -0.05) is 66.7 Å². The summed E-state index contributed by atoms with van der Waals surface area (Å²) in [5.74, 6) is -2.00. The number of ether oxygens (including phenoxy) is 1. The van der Waals surface area contributed by atoms with Crippen molar-refractivity contribution in [3.63, 3.8) is 0 Å². The molecule has 4 rings (SSSR count). The monoisotopic (exact) mass is 536 g/mol. The van der Waals surface area contributed by atoms with Crippen LogP contribution in [0, 0.1) is 5.41 Å². The van der Waals surface area contributed by atoms with Gasteiger partial charge in [0.2, 0.25) is 5.91 Å². The summed E-state index contributed by atoms with van der Waals surface area (Å²) in [6.07, 6.45) is 1.73. The van der Waals surface area contributed by atoms with Crippen LogP contribution in [-0.2, 0) is 16.0 Å². The summed E-state index contributed by atoms with van der Waals surface area (Å²) < 4.78 is 5.58. The molecular weight excluding hydrogens is 504 g/mol. The first-order valence-electron chi connectivity index (χ1n) is 12.8. The molecule has 0 bridgehead atoms. The Balaban J connectivity index is 1.66. The minimum Gasteiger partial charge on any atom is -0.456 e. The number of aromatic amines is 1. The second-order valence-corrected chi connectivity index (χ2v) is 10.5. The van der Waals surface area contributed by atoms with E-state index in [1.165, 1.54) is 6.20 Å². The average Bonchev–Trinajstić information content (AvgIpc) is 2.91. The Hall–Kier alpha value is -4.98. The highest BCUT2D eigenvalue weighted by Crippen LogP contribution is 2.31. The number of benzene rings is 3. The molecule has 0 fully saturated rings. The molecule has 0 aliphatic heterocycles. The van der Waals surface area contributed by atoms with Gasteiger partial charge in [-0.3, -0.25) is 15.0 Å². The number of carbonyl (C=O) groups is 2. The maximum Gasteiger partial charge on any atom is 0.339 e. The zero-order valence-electron chi connectivity index (χ0n) is 22.7. The SMILES string of the molecule is CC(C)(C)OC(=O)c1ccccc1-c1ccc(CC(C(N)=O)c2c(-c3ccc(C(=N)N)cc3)cc[nH]c2=O)cc1. The minimum atomic E-state index is -0.896. The van der Waals surface area contributed by atoms with E-state index in [1.54, 1.807) is 42.5 Å². The number of primary amides is 1. The summed E-state index contributed by atoms with van der Waals surface area (Å²) in [5, 5.41) is 7.61. The van der Waals surface area contributed by atoms with Gasteiger partial charge < -0.3 is 21.2 Å². The fraction of sp³-hybridized carbons (Fsp3) is 0.188. The van der Waals surface area contributed by atoms with Crippen molar-refractivity contribution in [3.05, 3.63) is 118 Å². The second kappa shape index (κ2) is 11.4. The van der Waals surface area contributed by atoms with E-state index in [2.05, 4.69) is 4.98 Å². The number of pyridine rings is 1. The summed E-state index contributed by atoms with van der Waals surface area (Å²) in [6.45, 7) is 5.46. The van der Waals surface area contributed by atoms with Gasteiger partial charge in [-0.2, -0.15) is 0 Å². The Morgan fingerprint density at radius 1 is 0.875 bits per heavy atom. The van der Waals surface area contributed by atoms with Gasteiger partial charge in [-0.25, -0.2) is 4.79 Å². The topological polar surface area (TPSA) is 152 Å². The zero-order valence-corrected chi connectivity index (χ0v) is 22.7. The maximum absolute atomic E-state index is 13.0. The third-order valence-corrected chi connectivity index (χ3v) is 6.45. The Morgan fingerprint density at radius 3 is 2.08 bits per heavy atom. The van der Waals surface area contributed by atoms with Crippen LogP contribution in [0.15, 0.2) is 89.9 Å². The molecule has 40 heavy (non-hydrogen) atoms. The summed E-state index contributed by atoms with van der Waals surface area (Å²) in [7, 11) is 0. The van der Waals surface area contributed by atoms with Crippen LogP contribution >= 0.6 is 0 Å². The van der Waals surface area contributed by atoms with Gasteiger partial charge in [0.25, 0.3) is 5.56 Å². The van der Waals surface area contributed by atoms with Crippen LogP contribution in [-0.4, -0.2) is 28.3 Å². The summed E-state index contributed by atoms with van der Waals surface area (Å²) in [5.41, 5.74) is 15.3. The van der Waals surface area contributed by atoms with E-state index in [4.69, 9.17) is 21.6 Å². The van der Waals surface area contributed by atoms with Crippen molar-refractivity contribution in [2.45, 2.75) is 38.7 Å². The van der Waals surface area contributed by atoms with Gasteiger partial charge in [0, 0.05) is 17.3 Å². The third-order valence-electron chi connectivity index (χ3n) is 6.45. The molecule has 0 aliphatic carbocycles. The van der Waals surface area contributed by atoms with Crippen LogP contribution < -0.4 is 17.0 Å². The predicted molar refractivity (Wildman–Crippen MR) is 156 cm³/mol. The van der Waals surface area contributed by atoms with Gasteiger partial charge in [-0.15, -0.1) is 0 Å². The van der Waals surface area contributed by atoms with Crippen molar-refractivity contribution in [1.82, 2.24) is 4.98 Å². The number of carbonyl (C=O) groups excluding carboxylic acids is 2. The Labute approximate surface area is 232 Å². The highest BCUT2D eigenvalue weighted by atomic mass is 16.6. The van der Waals surface area contributed by atoms with Crippen LogP contribution in [0.3, 0.4) is 0 Å². The number of hydrogen-bond acceptors (Lipinski definition) is 5. The molecular formula is C32H32N4O4. The summed E-state index contributed by atoms with van der Waals surface area (Å²) in [6, 6.07) is 23.3. The fourth-order valence-corrected chi connectivity index (χ4v) is 4.56. The largest absolute Gasteiger partial charge is 0.456 e. The van der Waals surface area contributed by atoms with Gasteiger partial charge in [0.15, 0.2) is 0 Å². The highest BCUT2D eigenvalue weighted by molar-refractivity contribution is 5.97. The van der Waals surface area contributed by atoms with Crippen LogP contribution in [0.25, 0.3) is 22.3 Å². The molecule has 204 valence electrons. The summed E-state index contributed by atoms with van der Waals surface area (Å²) >= 11 is 0. The minimum absolute atomic E-state index is 0.0649. The number of H-pyrrole nitrogens is 1. The lowest BCUT2D eigenvalue weighted by Gasteiger charge is -2.20. The number of nitrogen functional groups attached to an aromatic ring is 1. The van der Waals surface area contributed by atoms with Crippen LogP contribution in [0.2, 0.25) is 0 Å². The predicted octanol–water partition coefficient (Wildman–Crippen LogP) is 4.76. The van der Waals surface area contributed by atoms with Gasteiger partial charge in [0.05, 0.1) is 11.5 Å². The van der Waals surface area contributed by atoms with Gasteiger partial charge in [-0.05, 0) is 67.1 Å². The standard InChI is InChI=1S/C32H32N4O4/c1-32(2,3)40-31(39)25-7-5-4-6-23(25)20-10-8-19(9-11-20)18-26(29(35)37)27-24(16-17-36-30(27)38)21-12-14-22(15-13-21)28(33)34/h4-17,26H,18H2,1-3H3,(H3,33,34)(H2,35,37)(H,36,38). The molecule has 0 spiro atoms. The average molecular weight is 537 g/mol. The fourth-order valence-electron chi connectivity index (χ4n) is 4.56. The van der Waals surface area contributed by atoms with E-state index in [0.717, 1.165) is 16.7 Å².